The van der Waals surface area contributed by atoms with Crippen LogP contribution in [0, 0.1) is 5.92 Å². The van der Waals surface area contributed by atoms with Gasteiger partial charge in [0.2, 0.25) is 0 Å². The van der Waals surface area contributed by atoms with Gasteiger partial charge < -0.3 is 15.8 Å². The fourth-order valence-electron chi connectivity index (χ4n) is 1.79. The number of thiophene rings is 1. The average Bonchev–Trinajstić information content (AvgIpc) is 2.80. The molecule has 0 aliphatic carbocycles. The van der Waals surface area contributed by atoms with Crippen LogP contribution in [0.5, 0.6) is 0 Å². The van der Waals surface area contributed by atoms with Crippen molar-refractivity contribution >= 4 is 33.3 Å². The Bertz CT molecular complexity index is 612. The Morgan fingerprint density at radius 3 is 2.90 bits per heavy atom. The second-order valence-corrected chi connectivity index (χ2v) is 6.13. The number of amides is 1. The van der Waals surface area contributed by atoms with Gasteiger partial charge in [-0.25, -0.2) is 9.97 Å². The maximum atomic E-state index is 12.1. The topological polar surface area (TPSA) is 90.1 Å². The zero-order valence-corrected chi connectivity index (χ0v) is 13.1. The van der Waals surface area contributed by atoms with E-state index in [4.69, 9.17) is 10.5 Å². The first-order valence-corrected chi connectivity index (χ1v) is 7.76. The van der Waals surface area contributed by atoms with E-state index in [2.05, 4.69) is 29.1 Å². The van der Waals surface area contributed by atoms with Gasteiger partial charge in [0.1, 0.15) is 15.2 Å². The molecule has 3 N–H and O–H groups in total. The lowest BCUT2D eigenvalue weighted by atomic mass is 10.2. The molecule has 0 aliphatic heterocycles. The third kappa shape index (κ3) is 4.12. The van der Waals surface area contributed by atoms with E-state index in [1.165, 1.54) is 11.3 Å². The van der Waals surface area contributed by atoms with E-state index in [1.807, 2.05) is 0 Å². The molecule has 21 heavy (non-hydrogen) atoms. The number of fused-ring (bicyclic) bond motifs is 1. The summed E-state index contributed by atoms with van der Waals surface area (Å²) >= 11 is 1.26. The van der Waals surface area contributed by atoms with Crippen molar-refractivity contribution in [2.45, 2.75) is 20.3 Å². The summed E-state index contributed by atoms with van der Waals surface area (Å²) in [5.41, 5.74) is 6.94. The van der Waals surface area contributed by atoms with E-state index in [0.29, 0.717) is 40.0 Å². The van der Waals surface area contributed by atoms with E-state index < -0.39 is 0 Å². The average molecular weight is 308 g/mol. The monoisotopic (exact) mass is 308 g/mol. The number of ether oxygens (including phenoxy) is 1. The highest BCUT2D eigenvalue weighted by Crippen LogP contribution is 2.30. The molecule has 114 valence electrons. The number of nitrogens with one attached hydrogen (secondary N) is 1. The van der Waals surface area contributed by atoms with Crippen LogP contribution in [0.2, 0.25) is 0 Å². The highest BCUT2D eigenvalue weighted by Gasteiger charge is 2.17. The van der Waals surface area contributed by atoms with E-state index in [-0.39, 0.29) is 5.91 Å². The molecule has 0 aromatic carbocycles. The normalized spacial score (nSPS) is 11.2. The molecule has 6 nitrogen and oxygen atoms in total. The van der Waals surface area contributed by atoms with Gasteiger partial charge in [0, 0.05) is 32.2 Å². The SMILES string of the molecule is CC(C)COCCCNC(=O)c1sc2nccnc2c1N. The predicted molar refractivity (Wildman–Crippen MR) is 84.4 cm³/mol. The van der Waals surface area contributed by atoms with Gasteiger partial charge in [0.15, 0.2) is 0 Å². The van der Waals surface area contributed by atoms with Crippen LogP contribution in [-0.4, -0.2) is 35.6 Å². The van der Waals surface area contributed by atoms with Crippen molar-refractivity contribution in [2.24, 2.45) is 5.92 Å². The number of rotatable bonds is 7. The molecule has 0 bridgehead atoms. The molecule has 0 saturated carbocycles. The van der Waals surface area contributed by atoms with Crippen molar-refractivity contribution in [3.05, 3.63) is 17.3 Å². The van der Waals surface area contributed by atoms with E-state index in [9.17, 15) is 4.79 Å². The molecule has 1 amide bonds. The predicted octanol–water partition coefficient (Wildman–Crippen LogP) is 2.07. The summed E-state index contributed by atoms with van der Waals surface area (Å²) in [5.74, 6) is 0.346. The summed E-state index contributed by atoms with van der Waals surface area (Å²) in [4.78, 5) is 21.6. The van der Waals surface area contributed by atoms with E-state index in [1.54, 1.807) is 12.4 Å². The zero-order chi connectivity index (χ0) is 15.2. The quantitative estimate of drug-likeness (QED) is 0.764. The Hall–Kier alpha value is -1.73. The van der Waals surface area contributed by atoms with Crippen LogP contribution in [0.3, 0.4) is 0 Å². The van der Waals surface area contributed by atoms with Crippen molar-refractivity contribution in [1.29, 1.82) is 0 Å². The first kappa shape index (κ1) is 15.7. The summed E-state index contributed by atoms with van der Waals surface area (Å²) < 4.78 is 5.46. The molecule has 2 aromatic rings. The van der Waals surface area contributed by atoms with Crippen molar-refractivity contribution in [3.8, 4) is 0 Å². The van der Waals surface area contributed by atoms with Crippen LogP contribution in [0.1, 0.15) is 29.9 Å². The lowest BCUT2D eigenvalue weighted by Gasteiger charge is -2.07. The number of nitrogens with zero attached hydrogens (tertiary/aromatic N) is 2. The molecule has 2 heterocycles. The molecular formula is C14H20N4O2S. The molecule has 0 aliphatic rings. The minimum atomic E-state index is -0.179. The number of carbonyl (C=O) groups excluding carboxylic acids is 1. The Kier molecular flexibility index (Phi) is 5.46. The van der Waals surface area contributed by atoms with Crippen LogP contribution in [0.15, 0.2) is 12.4 Å². The highest BCUT2D eigenvalue weighted by molar-refractivity contribution is 7.21. The third-order valence-electron chi connectivity index (χ3n) is 2.77. The molecule has 2 rings (SSSR count). The Morgan fingerprint density at radius 1 is 1.43 bits per heavy atom. The first-order chi connectivity index (χ1) is 10.1. The van der Waals surface area contributed by atoms with Gasteiger partial charge in [0.05, 0.1) is 5.69 Å². The smallest absolute Gasteiger partial charge is 0.263 e. The van der Waals surface area contributed by atoms with Crippen molar-refractivity contribution in [1.82, 2.24) is 15.3 Å². The van der Waals surface area contributed by atoms with Gasteiger partial charge in [-0.05, 0) is 12.3 Å². The van der Waals surface area contributed by atoms with Gasteiger partial charge in [-0.2, -0.15) is 0 Å². The maximum absolute atomic E-state index is 12.1. The number of hydrogen-bond donors (Lipinski definition) is 2. The molecule has 0 atom stereocenters. The highest BCUT2D eigenvalue weighted by atomic mass is 32.1. The number of anilines is 1. The Labute approximate surface area is 127 Å². The maximum Gasteiger partial charge on any atom is 0.263 e. The molecule has 0 radical (unpaired) electrons. The van der Waals surface area contributed by atoms with Gasteiger partial charge in [0.25, 0.3) is 5.91 Å². The molecular weight excluding hydrogens is 288 g/mol. The number of carbonyl (C=O) groups is 1. The molecule has 2 aromatic heterocycles. The lowest BCUT2D eigenvalue weighted by Crippen LogP contribution is -2.25. The van der Waals surface area contributed by atoms with Crippen LogP contribution in [0.4, 0.5) is 5.69 Å². The van der Waals surface area contributed by atoms with Gasteiger partial charge in [-0.1, -0.05) is 13.8 Å². The Morgan fingerprint density at radius 2 is 2.19 bits per heavy atom. The summed E-state index contributed by atoms with van der Waals surface area (Å²) in [6, 6.07) is 0. The largest absolute Gasteiger partial charge is 0.396 e. The second-order valence-electron chi connectivity index (χ2n) is 5.13. The number of nitrogens with two attached hydrogens (primary N) is 1. The van der Waals surface area contributed by atoms with Crippen LogP contribution in [-0.2, 0) is 4.74 Å². The summed E-state index contributed by atoms with van der Waals surface area (Å²) in [6.45, 7) is 6.16. The fourth-order valence-corrected chi connectivity index (χ4v) is 2.73. The minimum absolute atomic E-state index is 0.179. The number of nitrogen functional groups attached to an aromatic ring is 1. The van der Waals surface area contributed by atoms with Crippen molar-refractivity contribution < 1.29 is 9.53 Å². The van der Waals surface area contributed by atoms with Gasteiger partial charge >= 0.3 is 0 Å². The van der Waals surface area contributed by atoms with Gasteiger partial charge in [-0.3, -0.25) is 4.79 Å². The second kappa shape index (κ2) is 7.33. The lowest BCUT2D eigenvalue weighted by molar-refractivity contribution is 0.0929. The third-order valence-corrected chi connectivity index (χ3v) is 3.87. The molecule has 0 saturated heterocycles. The summed E-state index contributed by atoms with van der Waals surface area (Å²) in [7, 11) is 0. The fraction of sp³-hybridized carbons (Fsp3) is 0.500. The van der Waals surface area contributed by atoms with Crippen LogP contribution < -0.4 is 11.1 Å². The van der Waals surface area contributed by atoms with E-state index in [0.717, 1.165) is 13.0 Å². The number of aromatic nitrogens is 2. The molecule has 7 heteroatoms. The minimum Gasteiger partial charge on any atom is -0.396 e. The summed E-state index contributed by atoms with van der Waals surface area (Å²) in [6.07, 6.45) is 3.94. The van der Waals surface area contributed by atoms with Crippen LogP contribution in [0.25, 0.3) is 10.3 Å². The number of hydrogen-bond acceptors (Lipinski definition) is 6. The molecule has 0 spiro atoms. The molecule has 0 fully saturated rings. The summed E-state index contributed by atoms with van der Waals surface area (Å²) in [5, 5.41) is 2.84. The van der Waals surface area contributed by atoms with Crippen LogP contribution >= 0.6 is 11.3 Å². The molecule has 0 unspecified atom stereocenters. The first-order valence-electron chi connectivity index (χ1n) is 6.94. The zero-order valence-electron chi connectivity index (χ0n) is 12.3. The van der Waals surface area contributed by atoms with E-state index >= 15 is 0 Å². The Balaban J connectivity index is 1.84. The van der Waals surface area contributed by atoms with Crippen molar-refractivity contribution in [2.75, 3.05) is 25.5 Å². The van der Waals surface area contributed by atoms with Gasteiger partial charge in [-0.15, -0.1) is 11.3 Å². The van der Waals surface area contributed by atoms with Crippen molar-refractivity contribution in [3.63, 3.8) is 0 Å². The standard InChI is InChI=1S/C14H20N4O2S/c1-9(2)8-20-7-3-4-17-13(19)12-10(15)11-14(21-12)18-6-5-16-11/h5-6,9H,3-4,7-8,15H2,1-2H3,(H,17,19).